The maximum absolute atomic E-state index is 14.6. The maximum atomic E-state index is 14.6. The molecule has 0 spiro atoms. The van der Waals surface area contributed by atoms with E-state index in [1.165, 1.54) is 0 Å². The topological polar surface area (TPSA) is 382 Å². The van der Waals surface area contributed by atoms with E-state index in [1.54, 1.807) is 137 Å². The molecule has 0 radical (unpaired) electrons. The molecule has 0 bridgehead atoms. The fraction of sp³-hybridized carbons (Fsp3) is 0.393. The Morgan fingerprint density at radius 3 is 1.08 bits per heavy atom. The number of unbranched alkanes of at least 4 members (excludes halogenated alkanes) is 6. The number of carbonyl (C=O) groups excluding carboxylic acids is 9. The van der Waals surface area contributed by atoms with Crippen LogP contribution in [0.5, 0.6) is 0 Å². The van der Waals surface area contributed by atoms with Crippen molar-refractivity contribution >= 4 is 104 Å². The van der Waals surface area contributed by atoms with Crippen molar-refractivity contribution in [1.29, 1.82) is 0 Å². The average Bonchev–Trinajstić information content (AvgIpc) is 1.77. The van der Waals surface area contributed by atoms with Gasteiger partial charge in [0.15, 0.2) is 17.1 Å². The van der Waals surface area contributed by atoms with Crippen molar-refractivity contribution < 1.29 is 58.5 Å². The van der Waals surface area contributed by atoms with Gasteiger partial charge in [-0.25, -0.2) is 14.0 Å². The third-order valence-corrected chi connectivity index (χ3v) is 29.1. The number of benzene rings is 8. The lowest BCUT2D eigenvalue weighted by molar-refractivity contribution is 0.0539. The van der Waals surface area contributed by atoms with Crippen LogP contribution in [0.2, 0.25) is 0 Å². The number of aryl methyl sites for hydroxylation is 6. The molecule has 33 heteroatoms. The van der Waals surface area contributed by atoms with Crippen LogP contribution in [0.4, 0.5) is 28.4 Å². The molecule has 0 fully saturated rings. The molecule has 3 atom stereocenters. The zero-order valence-electron chi connectivity index (χ0n) is 88.6. The lowest BCUT2D eigenvalue weighted by Gasteiger charge is -2.36. The Labute approximate surface area is 880 Å². The summed E-state index contributed by atoms with van der Waals surface area (Å²) in [5, 5.41) is 60.1. The van der Waals surface area contributed by atoms with Crippen molar-refractivity contribution in [3.63, 3.8) is 0 Å². The van der Waals surface area contributed by atoms with E-state index in [4.69, 9.17) is 15.3 Å². The maximum Gasteiger partial charge on any atom is 0.274 e. The minimum atomic E-state index is -0.437. The summed E-state index contributed by atoms with van der Waals surface area (Å²) in [5.74, 6) is -2.17. The first kappa shape index (κ1) is 109. The molecule has 8 aromatic carbocycles. The van der Waals surface area contributed by atoms with E-state index >= 15 is 0 Å². The van der Waals surface area contributed by atoms with Gasteiger partial charge in [0, 0.05) is 127 Å². The van der Waals surface area contributed by atoms with E-state index in [2.05, 4.69) is 76.3 Å². The number of fused-ring (bicyclic) bond motifs is 5. The summed E-state index contributed by atoms with van der Waals surface area (Å²) in [6, 6.07) is 55.8. The third kappa shape index (κ3) is 24.9. The standard InChI is InChI=1S/C41H48N6O4.C39H51N7O4.C37H41N7O4S/c1-6-8-18-45(19-9-7-2)41(51)37-20-26(3)47(44-37)38-17-15-32(43-39(49)30-14-16-34-27(4)28(5)42-36(34)22-30)23-35(38)40(50)46-24-31-13-11-10-12-29(31)21-33(46)25-48;1-7-10-18-43(19-11-8-2)39(50)34-20-27(6)46(42-34)35-17-16-30(40-37(48)36-23-33(26(4)5)41-45(36)9-3)22-32(35)38(49)44-24-29-15-13-12-14-28(29)21-31(44)25-47;1-4-6-16-42(17-7-5-2)37(48)33-18-24(3)44(39-33)34-15-13-28(38-35(46)26-12-14-31-32(20-26)41-49-40-31)21-30(34)36(47)43-22-27-11-9-8-10-25(27)19-29(43)23-45/h10-17,20,22-23,33,42,48H,6-9,18-19,21,24-25H2,1-5H3,(H,43,49);12-17,20,22-23,26,31,47H,7-11,18-19,21,24-25H2,1-6H3,(H,40,48);8-15,18,20-21,29,45H,4-7,16-17,19,22-23H2,1-3H3,(H,38,46)/t33-;31-;29-/m000/s1. The van der Waals surface area contributed by atoms with Gasteiger partial charge in [-0.1, -0.05) is 173 Å². The van der Waals surface area contributed by atoms with Gasteiger partial charge in [-0.05, 0) is 253 Å². The van der Waals surface area contributed by atoms with Crippen LogP contribution in [0.15, 0.2) is 197 Å². The first-order valence-corrected chi connectivity index (χ1v) is 53.6. The van der Waals surface area contributed by atoms with Crippen LogP contribution in [0, 0.1) is 34.6 Å². The summed E-state index contributed by atoms with van der Waals surface area (Å²) >= 11 is 1.08. The summed E-state index contributed by atoms with van der Waals surface area (Å²) < 4.78 is 15.0. The first-order valence-electron chi connectivity index (χ1n) is 52.8. The smallest absolute Gasteiger partial charge is 0.274 e. The van der Waals surface area contributed by atoms with Gasteiger partial charge in [-0.15, -0.1) is 0 Å². The van der Waals surface area contributed by atoms with Crippen molar-refractivity contribution in [3.05, 3.63) is 306 Å². The molecular weight excluding hydrogens is 1910 g/mol. The van der Waals surface area contributed by atoms with Crippen LogP contribution in [0.1, 0.15) is 306 Å². The van der Waals surface area contributed by atoms with Crippen LogP contribution in [-0.2, 0) is 56.8 Å². The number of anilines is 3. The van der Waals surface area contributed by atoms with Gasteiger partial charge < -0.3 is 65.7 Å². The average molecular weight is 2050 g/mol. The van der Waals surface area contributed by atoms with Crippen molar-refractivity contribution in [1.82, 2.24) is 73.5 Å². The Bertz CT molecular complexity index is 7170. The number of aliphatic hydroxyl groups is 3. The molecule has 786 valence electrons. The molecule has 0 saturated heterocycles. The number of aromatic nitrogens is 9. The summed E-state index contributed by atoms with van der Waals surface area (Å²) in [6.45, 7) is 33.1. The number of nitrogens with one attached hydrogen (secondary N) is 4. The lowest BCUT2D eigenvalue weighted by Crippen LogP contribution is -2.46. The number of nitrogens with zero attached hydrogens (tertiary/aromatic N) is 16. The summed E-state index contributed by atoms with van der Waals surface area (Å²) in [5.41, 5.74) is 19.6. The predicted molar refractivity (Wildman–Crippen MR) is 586 cm³/mol. The Morgan fingerprint density at radius 1 is 0.393 bits per heavy atom. The zero-order chi connectivity index (χ0) is 107. The van der Waals surface area contributed by atoms with E-state index in [0.29, 0.717) is 192 Å². The number of aliphatic hydroxyl groups excluding tert-OH is 3. The molecule has 9 amide bonds. The van der Waals surface area contributed by atoms with Gasteiger partial charge in [0.25, 0.3) is 53.2 Å². The monoisotopic (exact) mass is 2050 g/mol. The molecule has 32 nitrogen and oxygen atoms in total. The van der Waals surface area contributed by atoms with E-state index in [1.807, 2.05) is 155 Å². The third-order valence-electron chi connectivity index (χ3n) is 28.5. The molecule has 4 aliphatic heterocycles. The van der Waals surface area contributed by atoms with Crippen LogP contribution in [0.3, 0.4) is 0 Å². The van der Waals surface area contributed by atoms with Gasteiger partial charge in [-0.3, -0.25) is 47.8 Å². The highest BCUT2D eigenvalue weighted by molar-refractivity contribution is 7.58. The van der Waals surface area contributed by atoms with E-state index in [0.717, 1.165) is 150 Å². The molecule has 150 heavy (non-hydrogen) atoms. The van der Waals surface area contributed by atoms with Crippen LogP contribution in [-0.4, -0.2) is 219 Å². The van der Waals surface area contributed by atoms with Gasteiger partial charge in [-0.2, -0.15) is 29.1 Å². The second-order valence-electron chi connectivity index (χ2n) is 39.6. The molecule has 5 aromatic heterocycles. The van der Waals surface area contributed by atoms with Crippen LogP contribution < -0.4 is 16.0 Å². The fourth-order valence-electron chi connectivity index (χ4n) is 19.6. The van der Waals surface area contributed by atoms with Crippen LogP contribution >= 0.6 is 0 Å². The number of hydrogen-bond acceptors (Lipinski definition) is 18. The Hall–Kier alpha value is -14.9. The van der Waals surface area contributed by atoms with Gasteiger partial charge in [0.2, 0.25) is 0 Å². The molecule has 0 saturated carbocycles. The highest BCUT2D eigenvalue weighted by Crippen LogP contribution is 2.38. The summed E-state index contributed by atoms with van der Waals surface area (Å²) in [4.78, 5) is 139. The second kappa shape index (κ2) is 50.4. The normalized spacial score (nSPS) is 14.3. The summed E-state index contributed by atoms with van der Waals surface area (Å²) in [7, 11) is 0. The number of hydrogen-bond donors (Lipinski definition) is 7. The van der Waals surface area contributed by atoms with Crippen molar-refractivity contribution in [3.8, 4) is 17.1 Å². The van der Waals surface area contributed by atoms with E-state index in [-0.39, 0.29) is 84.5 Å². The molecule has 7 N–H and O–H groups in total. The lowest BCUT2D eigenvalue weighted by atomic mass is 9.93. The quantitative estimate of drug-likeness (QED) is 0.0189. The second-order valence-corrected chi connectivity index (χ2v) is 40.1. The van der Waals surface area contributed by atoms with Gasteiger partial charge in [0.05, 0.1) is 88.7 Å². The molecule has 0 unspecified atom stereocenters. The molecule has 4 aliphatic rings. The van der Waals surface area contributed by atoms with Crippen molar-refractivity contribution in [2.45, 2.75) is 243 Å². The Balaban J connectivity index is 0.000000168. The Morgan fingerprint density at radius 2 is 0.733 bits per heavy atom. The SMILES string of the molecule is CCCCN(CCCC)C(=O)c1cc(C)n(-c2ccc(NC(=O)c3cc(C(C)C)nn3CC)cc2C(=O)N2Cc3ccccc3C[C@H]2CO)n1.CCCCN(CCCC)C(=O)c1cc(C)n(-c2ccc(NC(=O)c3ccc4c(C)c(C)[nH]c4c3)cc2C(=O)N2Cc3ccccc3C[C@H]2CO)n1.CCCCN(CCCC)C(=O)c1cc(C)n(-c2ccc(NC(=O)c3ccc4c(c3)N=S=N4)cc2C(=O)N2Cc3ccccc3C[C@H]2CO)n1. The number of rotatable bonds is 38. The number of amides is 9. The molecule has 13 aromatic rings. The van der Waals surface area contributed by atoms with Crippen molar-refractivity contribution in [2.24, 2.45) is 8.73 Å². The molecule has 0 aliphatic carbocycles. The van der Waals surface area contributed by atoms with E-state index < -0.39 is 18.1 Å². The van der Waals surface area contributed by atoms with Gasteiger partial charge >= 0.3 is 0 Å². The molecular formula is C117H140N20O12S. The Kier molecular flexibility index (Phi) is 36.7. The molecule has 17 rings (SSSR count). The van der Waals surface area contributed by atoms with Crippen LogP contribution in [0.25, 0.3) is 28.0 Å². The highest BCUT2D eigenvalue weighted by atomic mass is 32.1. The highest BCUT2D eigenvalue weighted by Gasteiger charge is 2.38. The largest absolute Gasteiger partial charge is 0.394 e. The van der Waals surface area contributed by atoms with E-state index in [9.17, 15) is 58.5 Å². The first-order chi connectivity index (χ1) is 72.5. The number of H-pyrrole nitrogens is 1. The predicted octanol–water partition coefficient (Wildman–Crippen LogP) is 20.3. The summed E-state index contributed by atoms with van der Waals surface area (Å²) in [6.07, 6.45) is 12.9. The van der Waals surface area contributed by atoms with Crippen molar-refractivity contribution in [2.75, 3.05) is 75.0 Å². The number of aromatic amines is 1. The minimum Gasteiger partial charge on any atom is -0.394 e. The number of carbonyl (C=O) groups is 9. The molecule has 9 heterocycles. The fourth-order valence-corrected chi connectivity index (χ4v) is 20.1. The zero-order valence-corrected chi connectivity index (χ0v) is 89.4. The minimum absolute atomic E-state index is 0.132. The van der Waals surface area contributed by atoms with Gasteiger partial charge in [0.1, 0.15) is 17.1 Å².